The molecule has 1 N–H and O–H groups in total. The summed E-state index contributed by atoms with van der Waals surface area (Å²) in [6.45, 7) is 8.94. The first-order chi connectivity index (χ1) is 25.4. The molecule has 4 heterocycles. The van der Waals surface area contributed by atoms with E-state index in [0.717, 1.165) is 22.6 Å². The Labute approximate surface area is 314 Å². The Bertz CT molecular complexity index is 2020. The van der Waals surface area contributed by atoms with E-state index < -0.39 is 25.9 Å². The molecule has 7 rings (SSSR count). The molecule has 5 atom stereocenters. The van der Waals surface area contributed by atoms with E-state index in [2.05, 4.69) is 42.5 Å². The number of halogens is 1. The summed E-state index contributed by atoms with van der Waals surface area (Å²) in [4.78, 5) is 42.3. The molecule has 2 fully saturated rings. The lowest BCUT2D eigenvalue weighted by Gasteiger charge is -2.39. The molecular weight excluding hydrogens is 714 g/mol. The number of nitrogens with zero attached hydrogens (tertiary/aromatic N) is 5. The second kappa shape index (κ2) is 14.3. The van der Waals surface area contributed by atoms with E-state index in [1.165, 1.54) is 17.0 Å². The predicted octanol–water partition coefficient (Wildman–Crippen LogP) is 4.95. The van der Waals surface area contributed by atoms with Gasteiger partial charge in [0, 0.05) is 54.9 Å². The Morgan fingerprint density at radius 1 is 1.09 bits per heavy atom. The Balaban J connectivity index is 1.22. The van der Waals surface area contributed by atoms with E-state index in [4.69, 9.17) is 25.8 Å². The number of aromatic nitrogens is 3. The molecule has 3 aliphatic rings. The van der Waals surface area contributed by atoms with E-state index in [0.29, 0.717) is 35.8 Å². The minimum Gasteiger partial charge on any atom is -0.497 e. The summed E-state index contributed by atoms with van der Waals surface area (Å²) < 4.78 is 19.8. The second-order valence-corrected chi connectivity index (χ2v) is 19.8. The summed E-state index contributed by atoms with van der Waals surface area (Å²) in [5, 5.41) is 19.7. The van der Waals surface area contributed by atoms with Crippen molar-refractivity contribution in [2.75, 3.05) is 23.5 Å². The molecule has 12 nitrogen and oxygen atoms in total. The fraction of sp³-hybridized carbons (Fsp3) is 0.410. The second-order valence-electron chi connectivity index (χ2n) is 14.6. The van der Waals surface area contributed by atoms with Crippen LogP contribution < -0.4 is 19.7 Å². The van der Waals surface area contributed by atoms with Crippen molar-refractivity contribution >= 4 is 54.0 Å². The molecule has 14 heteroatoms. The predicted molar refractivity (Wildman–Crippen MR) is 202 cm³/mol. The van der Waals surface area contributed by atoms with Gasteiger partial charge in [-0.15, -0.1) is 5.10 Å². The van der Waals surface area contributed by atoms with Gasteiger partial charge in [-0.25, -0.2) is 0 Å². The molecule has 2 amide bonds. The Kier molecular flexibility index (Phi) is 9.96. The van der Waals surface area contributed by atoms with Crippen LogP contribution in [0.25, 0.3) is 0 Å². The largest absolute Gasteiger partial charge is 0.497 e. The number of benzene rings is 3. The highest BCUT2D eigenvalue weighted by Crippen LogP contribution is 2.60. The molecule has 0 aliphatic carbocycles. The van der Waals surface area contributed by atoms with Crippen molar-refractivity contribution in [2.45, 2.75) is 82.8 Å². The van der Waals surface area contributed by atoms with Gasteiger partial charge in [-0.1, -0.05) is 66.3 Å². The van der Waals surface area contributed by atoms with Gasteiger partial charge >= 0.3 is 5.97 Å². The number of aliphatic hydroxyl groups excluding tert-OH is 1. The summed E-state index contributed by atoms with van der Waals surface area (Å²) in [5.41, 5.74) is 2.43. The molecule has 0 bridgehead atoms. The number of rotatable bonds is 12. The van der Waals surface area contributed by atoms with Crippen LogP contribution >= 0.6 is 11.6 Å². The van der Waals surface area contributed by atoms with Crippen molar-refractivity contribution in [3.8, 4) is 5.75 Å². The first-order valence-corrected chi connectivity index (χ1v) is 21.3. The van der Waals surface area contributed by atoms with Crippen LogP contribution in [0.1, 0.15) is 43.5 Å². The standard InChI is InChI=1S/C39H44ClN5O7Si/c1-24-37(53(4,5)31-13-11-30(50-3)12-14-31)34(16-18-43-23-28(17-19-46)41-42-43)52-39(24)32-20-27(40)8-15-33(32)44(38(39)49)22-26-6-9-29(10-7-26)45-35(48)21-36(45)51-25(2)47/h6-15,20,23-24,34,36-37,46H,16-19,21-22H2,1-5H3/t24-,34+,36?,37-,39+/m0/s1. The lowest BCUT2D eigenvalue weighted by Crippen LogP contribution is -2.54. The fourth-order valence-electron chi connectivity index (χ4n) is 8.58. The molecule has 0 saturated carbocycles. The average molecular weight is 758 g/mol. The summed E-state index contributed by atoms with van der Waals surface area (Å²) in [6.07, 6.45) is 2.10. The zero-order valence-electron chi connectivity index (χ0n) is 30.5. The molecule has 4 aromatic rings. The third kappa shape index (κ3) is 6.53. The van der Waals surface area contributed by atoms with Gasteiger partial charge in [0.05, 0.1) is 45.6 Å². The van der Waals surface area contributed by atoms with Crippen molar-refractivity contribution in [1.82, 2.24) is 15.0 Å². The number of carbonyl (C=O) groups excluding carboxylic acids is 3. The quantitative estimate of drug-likeness (QED) is 0.121. The van der Waals surface area contributed by atoms with Crippen LogP contribution in [0, 0.1) is 5.92 Å². The maximum absolute atomic E-state index is 15.1. The SMILES string of the molecule is COc1ccc([Si](C)(C)[C@@H]2[C@@H](CCn3cc(CCO)nn3)O[C@]3(C(=O)N(Cc4ccc(N5C(=O)CC5OC(C)=O)cc4)c4ccc(Cl)cc43)[C@H]2C)cc1. The first kappa shape index (κ1) is 36.8. The Morgan fingerprint density at radius 3 is 2.49 bits per heavy atom. The number of fused-ring (bicyclic) bond motifs is 2. The lowest BCUT2D eigenvalue weighted by atomic mass is 9.82. The van der Waals surface area contributed by atoms with E-state index in [-0.39, 0.29) is 48.9 Å². The molecule has 278 valence electrons. The van der Waals surface area contributed by atoms with Crippen LogP contribution in [0.5, 0.6) is 5.75 Å². The molecule has 1 spiro atoms. The van der Waals surface area contributed by atoms with Gasteiger partial charge in [0.2, 0.25) is 5.91 Å². The third-order valence-electron chi connectivity index (χ3n) is 11.2. The van der Waals surface area contributed by atoms with Gasteiger partial charge in [0.15, 0.2) is 11.8 Å². The van der Waals surface area contributed by atoms with Crippen molar-refractivity contribution in [3.63, 3.8) is 0 Å². The topological polar surface area (TPSA) is 136 Å². The number of carbonyl (C=O) groups is 3. The number of amides is 2. The van der Waals surface area contributed by atoms with Crippen LogP contribution in [-0.2, 0) is 49.0 Å². The number of hydrogen-bond donors (Lipinski definition) is 1. The number of esters is 1. The number of aryl methyl sites for hydroxylation is 1. The Morgan fingerprint density at radius 2 is 1.83 bits per heavy atom. The highest BCUT2D eigenvalue weighted by atomic mass is 35.5. The van der Waals surface area contributed by atoms with Crippen molar-refractivity contribution in [1.29, 1.82) is 0 Å². The van der Waals surface area contributed by atoms with Crippen LogP contribution in [0.3, 0.4) is 0 Å². The van der Waals surface area contributed by atoms with E-state index in [1.807, 2.05) is 54.7 Å². The molecule has 53 heavy (non-hydrogen) atoms. The molecule has 2 saturated heterocycles. The number of β-lactam (4-membered cyclic amide) rings is 1. The number of ether oxygens (including phenoxy) is 3. The van der Waals surface area contributed by atoms with Crippen molar-refractivity contribution in [2.24, 2.45) is 5.92 Å². The zero-order chi connectivity index (χ0) is 37.7. The van der Waals surface area contributed by atoms with Gasteiger partial charge in [-0.05, 0) is 60.0 Å². The average Bonchev–Trinajstić information content (AvgIpc) is 3.77. The molecule has 1 aromatic heterocycles. The van der Waals surface area contributed by atoms with E-state index >= 15 is 4.79 Å². The zero-order valence-corrected chi connectivity index (χ0v) is 32.2. The van der Waals surface area contributed by atoms with Gasteiger partial charge in [-0.3, -0.25) is 24.0 Å². The normalized spacial score (nSPS) is 23.8. The maximum Gasteiger partial charge on any atom is 0.304 e. The van der Waals surface area contributed by atoms with Gasteiger partial charge in [-0.2, -0.15) is 0 Å². The number of hydrogen-bond acceptors (Lipinski definition) is 9. The van der Waals surface area contributed by atoms with E-state index in [9.17, 15) is 14.7 Å². The molecule has 1 unspecified atom stereocenters. The third-order valence-corrected chi connectivity index (χ3v) is 15.8. The van der Waals surface area contributed by atoms with Crippen molar-refractivity contribution < 1.29 is 33.7 Å². The number of anilines is 2. The van der Waals surface area contributed by atoms with Gasteiger partial charge < -0.3 is 24.2 Å². The molecule has 3 aromatic carbocycles. The van der Waals surface area contributed by atoms with E-state index in [1.54, 1.807) is 22.8 Å². The van der Waals surface area contributed by atoms with Crippen LogP contribution in [0.2, 0.25) is 23.7 Å². The molecule has 0 radical (unpaired) electrons. The highest BCUT2D eigenvalue weighted by molar-refractivity contribution is 6.91. The van der Waals surface area contributed by atoms with Gasteiger partial charge in [0.25, 0.3) is 5.91 Å². The maximum atomic E-state index is 15.1. The first-order valence-electron chi connectivity index (χ1n) is 17.9. The fourth-order valence-corrected chi connectivity index (χ4v) is 12.8. The summed E-state index contributed by atoms with van der Waals surface area (Å²) in [6, 6.07) is 21.2. The van der Waals surface area contributed by atoms with Crippen LogP contribution in [0.15, 0.2) is 72.9 Å². The number of aliphatic hydroxyl groups is 1. The highest BCUT2D eigenvalue weighted by Gasteiger charge is 2.66. The summed E-state index contributed by atoms with van der Waals surface area (Å²) in [5.74, 6) is -0.149. The summed E-state index contributed by atoms with van der Waals surface area (Å²) in [7, 11) is -0.715. The minimum absolute atomic E-state index is 0.00637. The monoisotopic (exact) mass is 757 g/mol. The van der Waals surface area contributed by atoms with Crippen LogP contribution in [-0.4, -0.2) is 72.0 Å². The summed E-state index contributed by atoms with van der Waals surface area (Å²) >= 11 is 6.68. The smallest absolute Gasteiger partial charge is 0.304 e. The lowest BCUT2D eigenvalue weighted by molar-refractivity contribution is -0.154. The molecular formula is C39H44ClN5O7Si. The number of methoxy groups -OCH3 is 1. The molecule has 3 aliphatic heterocycles. The van der Waals surface area contributed by atoms with Crippen molar-refractivity contribution in [3.05, 3.63) is 94.8 Å². The van der Waals surface area contributed by atoms with Crippen LogP contribution in [0.4, 0.5) is 11.4 Å². The van der Waals surface area contributed by atoms with Gasteiger partial charge in [0.1, 0.15) is 5.75 Å². The minimum atomic E-state index is -2.37. The Hall–Kier alpha value is -4.56.